The zero-order chi connectivity index (χ0) is 16.4. The van der Waals surface area contributed by atoms with Crippen LogP contribution in [0, 0.1) is 5.82 Å². The second kappa shape index (κ2) is 6.77. The third-order valence-electron chi connectivity index (χ3n) is 3.89. The van der Waals surface area contributed by atoms with Crippen molar-refractivity contribution in [3.05, 3.63) is 63.9 Å². The molecule has 0 aliphatic carbocycles. The molecule has 2 aromatic rings. The van der Waals surface area contributed by atoms with Gasteiger partial charge in [0.15, 0.2) is 0 Å². The van der Waals surface area contributed by atoms with Crippen LogP contribution < -0.4 is 4.90 Å². The van der Waals surface area contributed by atoms with Crippen LogP contribution in [0.4, 0.5) is 10.1 Å². The zero-order valence-electron chi connectivity index (χ0n) is 12.3. The summed E-state index contributed by atoms with van der Waals surface area (Å²) in [6.45, 7) is 2.47. The smallest absolute Gasteiger partial charge is 0.254 e. The average molecular weight is 353 g/mol. The number of amides is 1. The van der Waals surface area contributed by atoms with Crippen LogP contribution in [0.1, 0.15) is 10.4 Å². The number of carbonyl (C=O) groups excluding carboxylic acids is 1. The van der Waals surface area contributed by atoms with Gasteiger partial charge in [-0.05, 0) is 36.4 Å². The first-order valence-electron chi connectivity index (χ1n) is 7.29. The van der Waals surface area contributed by atoms with Gasteiger partial charge in [-0.25, -0.2) is 4.39 Å². The van der Waals surface area contributed by atoms with Gasteiger partial charge in [0.05, 0.1) is 10.7 Å². The molecule has 3 nitrogen and oxygen atoms in total. The van der Waals surface area contributed by atoms with E-state index in [0.29, 0.717) is 41.8 Å². The number of rotatable bonds is 2. The monoisotopic (exact) mass is 352 g/mol. The Kier molecular flexibility index (Phi) is 4.74. The zero-order valence-corrected chi connectivity index (χ0v) is 13.8. The molecule has 1 saturated heterocycles. The highest BCUT2D eigenvalue weighted by molar-refractivity contribution is 6.36. The van der Waals surface area contributed by atoms with E-state index in [1.54, 1.807) is 29.2 Å². The molecule has 0 radical (unpaired) electrons. The fourth-order valence-electron chi connectivity index (χ4n) is 2.69. The van der Waals surface area contributed by atoms with E-state index < -0.39 is 5.82 Å². The summed E-state index contributed by atoms with van der Waals surface area (Å²) in [7, 11) is 0. The maximum atomic E-state index is 13.3. The molecule has 1 amide bonds. The fourth-order valence-corrected chi connectivity index (χ4v) is 3.22. The summed E-state index contributed by atoms with van der Waals surface area (Å²) in [6, 6.07) is 11.2. The fraction of sp³-hybridized carbons (Fsp3) is 0.235. The summed E-state index contributed by atoms with van der Waals surface area (Å²) in [5.41, 5.74) is 1.29. The number of carbonyl (C=O) groups is 1. The molecule has 3 rings (SSSR count). The van der Waals surface area contributed by atoms with Crippen LogP contribution in [0.5, 0.6) is 0 Å². The number of hydrogen-bond acceptors (Lipinski definition) is 2. The van der Waals surface area contributed by atoms with E-state index in [1.807, 2.05) is 6.07 Å². The van der Waals surface area contributed by atoms with Crippen molar-refractivity contribution in [1.29, 1.82) is 0 Å². The van der Waals surface area contributed by atoms with E-state index >= 15 is 0 Å². The van der Waals surface area contributed by atoms with Crippen molar-refractivity contribution >= 4 is 34.8 Å². The molecule has 2 aromatic carbocycles. The Morgan fingerprint density at radius 1 is 1.00 bits per heavy atom. The summed E-state index contributed by atoms with van der Waals surface area (Å²) in [5.74, 6) is -0.547. The summed E-state index contributed by atoms with van der Waals surface area (Å²) in [6.07, 6.45) is 0. The van der Waals surface area contributed by atoms with Crippen molar-refractivity contribution in [2.24, 2.45) is 0 Å². The first kappa shape index (κ1) is 16.1. The highest BCUT2D eigenvalue weighted by Gasteiger charge is 2.23. The standard InChI is InChI=1S/C17H15Cl2FN2O/c18-13-4-5-16(15(19)11-13)21-6-8-22(9-7-21)17(23)12-2-1-3-14(20)10-12/h1-5,10-11H,6-9H2. The Bertz CT molecular complexity index is 730. The molecule has 0 bridgehead atoms. The Morgan fingerprint density at radius 2 is 1.74 bits per heavy atom. The molecule has 1 fully saturated rings. The lowest BCUT2D eigenvalue weighted by Crippen LogP contribution is -2.48. The van der Waals surface area contributed by atoms with Gasteiger partial charge in [0.1, 0.15) is 5.82 Å². The van der Waals surface area contributed by atoms with Crippen LogP contribution in [0.15, 0.2) is 42.5 Å². The van der Waals surface area contributed by atoms with Gasteiger partial charge in [-0.1, -0.05) is 29.3 Å². The summed E-state index contributed by atoms with van der Waals surface area (Å²) < 4.78 is 13.3. The number of hydrogen-bond donors (Lipinski definition) is 0. The lowest BCUT2D eigenvalue weighted by Gasteiger charge is -2.36. The van der Waals surface area contributed by atoms with Gasteiger partial charge < -0.3 is 9.80 Å². The maximum Gasteiger partial charge on any atom is 0.254 e. The largest absolute Gasteiger partial charge is 0.367 e. The van der Waals surface area contributed by atoms with Gasteiger partial charge in [-0.2, -0.15) is 0 Å². The maximum absolute atomic E-state index is 13.3. The molecule has 0 spiro atoms. The molecular weight excluding hydrogens is 338 g/mol. The minimum absolute atomic E-state index is 0.147. The van der Waals surface area contributed by atoms with Crippen molar-refractivity contribution < 1.29 is 9.18 Å². The summed E-state index contributed by atoms with van der Waals surface area (Å²) >= 11 is 12.1. The molecule has 6 heteroatoms. The highest BCUT2D eigenvalue weighted by atomic mass is 35.5. The van der Waals surface area contributed by atoms with Crippen LogP contribution in [-0.2, 0) is 0 Å². The first-order chi connectivity index (χ1) is 11.0. The quantitative estimate of drug-likeness (QED) is 0.812. The third kappa shape index (κ3) is 3.59. The second-order valence-electron chi connectivity index (χ2n) is 5.39. The van der Waals surface area contributed by atoms with Crippen molar-refractivity contribution in [3.8, 4) is 0 Å². The Balaban J connectivity index is 1.67. The summed E-state index contributed by atoms with van der Waals surface area (Å²) in [4.78, 5) is 16.3. The molecule has 23 heavy (non-hydrogen) atoms. The lowest BCUT2D eigenvalue weighted by molar-refractivity contribution is 0.0746. The van der Waals surface area contributed by atoms with E-state index in [0.717, 1.165) is 5.69 Å². The van der Waals surface area contributed by atoms with Gasteiger partial charge in [0.25, 0.3) is 5.91 Å². The number of halogens is 3. The number of benzene rings is 2. The van der Waals surface area contributed by atoms with Gasteiger partial charge >= 0.3 is 0 Å². The highest BCUT2D eigenvalue weighted by Crippen LogP contribution is 2.29. The van der Waals surface area contributed by atoms with E-state index in [1.165, 1.54) is 12.1 Å². The van der Waals surface area contributed by atoms with Crippen molar-refractivity contribution in [2.75, 3.05) is 31.1 Å². The van der Waals surface area contributed by atoms with Gasteiger partial charge in [0.2, 0.25) is 0 Å². The molecule has 0 unspecified atom stereocenters. The Morgan fingerprint density at radius 3 is 2.39 bits per heavy atom. The molecule has 0 N–H and O–H groups in total. The molecule has 0 atom stereocenters. The molecule has 120 valence electrons. The number of nitrogens with zero attached hydrogens (tertiary/aromatic N) is 2. The number of piperazine rings is 1. The summed E-state index contributed by atoms with van der Waals surface area (Å²) in [5, 5.41) is 1.20. The third-order valence-corrected chi connectivity index (χ3v) is 4.43. The minimum Gasteiger partial charge on any atom is -0.367 e. The second-order valence-corrected chi connectivity index (χ2v) is 6.23. The molecule has 1 aliphatic rings. The van der Waals surface area contributed by atoms with Crippen LogP contribution in [0.2, 0.25) is 10.0 Å². The molecule has 0 saturated carbocycles. The van der Waals surface area contributed by atoms with E-state index in [9.17, 15) is 9.18 Å². The van der Waals surface area contributed by atoms with Crippen molar-refractivity contribution in [2.45, 2.75) is 0 Å². The van der Waals surface area contributed by atoms with Crippen LogP contribution in [0.25, 0.3) is 0 Å². The van der Waals surface area contributed by atoms with Gasteiger partial charge in [-0.3, -0.25) is 4.79 Å². The van der Waals surface area contributed by atoms with E-state index in [4.69, 9.17) is 23.2 Å². The molecule has 0 aromatic heterocycles. The SMILES string of the molecule is O=C(c1cccc(F)c1)N1CCN(c2ccc(Cl)cc2Cl)CC1. The van der Waals surface area contributed by atoms with Crippen LogP contribution in [0.3, 0.4) is 0 Å². The van der Waals surface area contributed by atoms with Gasteiger partial charge in [0, 0.05) is 36.8 Å². The van der Waals surface area contributed by atoms with Crippen molar-refractivity contribution in [3.63, 3.8) is 0 Å². The minimum atomic E-state index is -0.401. The molecular formula is C17H15Cl2FN2O. The predicted molar refractivity (Wildman–Crippen MR) is 91.0 cm³/mol. The molecule has 1 heterocycles. The van der Waals surface area contributed by atoms with Crippen LogP contribution >= 0.6 is 23.2 Å². The topological polar surface area (TPSA) is 23.6 Å². The normalized spacial score (nSPS) is 14.9. The Labute approximate surface area is 144 Å². The predicted octanol–water partition coefficient (Wildman–Crippen LogP) is 4.09. The average Bonchev–Trinajstić information content (AvgIpc) is 2.54. The van der Waals surface area contributed by atoms with E-state index in [-0.39, 0.29) is 5.91 Å². The molecule has 1 aliphatic heterocycles. The lowest BCUT2D eigenvalue weighted by atomic mass is 10.1. The van der Waals surface area contributed by atoms with Crippen LogP contribution in [-0.4, -0.2) is 37.0 Å². The first-order valence-corrected chi connectivity index (χ1v) is 8.05. The van der Waals surface area contributed by atoms with Gasteiger partial charge in [-0.15, -0.1) is 0 Å². The van der Waals surface area contributed by atoms with E-state index in [2.05, 4.69) is 4.90 Å². The number of anilines is 1. The van der Waals surface area contributed by atoms with Crippen molar-refractivity contribution in [1.82, 2.24) is 4.90 Å². The Hall–Kier alpha value is -1.78.